The van der Waals surface area contributed by atoms with E-state index in [-0.39, 0.29) is 23.6 Å². The van der Waals surface area contributed by atoms with E-state index in [4.69, 9.17) is 5.11 Å². The average Bonchev–Trinajstić information content (AvgIpc) is 3.12. The first-order valence-corrected chi connectivity index (χ1v) is 9.81. The van der Waals surface area contributed by atoms with Gasteiger partial charge in [-0.05, 0) is 62.4 Å². The zero-order chi connectivity index (χ0) is 20.3. The standard InChI is InChI=1S/C23H30N2O3/c1-16(24-11-12-26)19-6-4-5-18-14-25(15-20(18)19)23(2,3)10-9-17-7-8-21(27)22(28)13-17/h4-8,13,26-28H,9-12,14-15H2,1-3H3. The molecule has 0 aromatic heterocycles. The van der Waals surface area contributed by atoms with Crippen LogP contribution in [0.25, 0.3) is 0 Å². The molecule has 1 aliphatic heterocycles. The molecule has 2 aromatic rings. The van der Waals surface area contributed by atoms with Gasteiger partial charge in [0.25, 0.3) is 0 Å². The van der Waals surface area contributed by atoms with Crippen LogP contribution >= 0.6 is 0 Å². The van der Waals surface area contributed by atoms with Gasteiger partial charge >= 0.3 is 0 Å². The van der Waals surface area contributed by atoms with E-state index in [0.29, 0.717) is 6.54 Å². The molecule has 0 spiro atoms. The summed E-state index contributed by atoms with van der Waals surface area (Å²) in [6, 6.07) is 11.4. The van der Waals surface area contributed by atoms with Gasteiger partial charge in [-0.2, -0.15) is 0 Å². The number of aryl methyl sites for hydroxylation is 1. The SMILES string of the molecule is CC(=NCCO)c1cccc2c1CN(C(C)(C)CCc1ccc(O)c(O)c1)C2. The molecule has 1 heterocycles. The minimum Gasteiger partial charge on any atom is -0.504 e. The number of hydrogen-bond donors (Lipinski definition) is 3. The van der Waals surface area contributed by atoms with Gasteiger partial charge in [0.15, 0.2) is 11.5 Å². The van der Waals surface area contributed by atoms with Crippen molar-refractivity contribution in [2.45, 2.75) is 52.2 Å². The van der Waals surface area contributed by atoms with Crippen molar-refractivity contribution in [1.29, 1.82) is 0 Å². The lowest BCUT2D eigenvalue weighted by Crippen LogP contribution is -2.40. The van der Waals surface area contributed by atoms with Crippen molar-refractivity contribution in [1.82, 2.24) is 4.90 Å². The van der Waals surface area contributed by atoms with Gasteiger partial charge in [-0.3, -0.25) is 9.89 Å². The maximum Gasteiger partial charge on any atom is 0.157 e. The minimum atomic E-state index is -0.0798. The molecule has 0 unspecified atom stereocenters. The second-order valence-corrected chi connectivity index (χ2v) is 8.13. The lowest BCUT2D eigenvalue weighted by molar-refractivity contribution is 0.109. The molecule has 0 saturated carbocycles. The van der Waals surface area contributed by atoms with Crippen LogP contribution in [0.5, 0.6) is 11.5 Å². The molecule has 2 aromatic carbocycles. The quantitative estimate of drug-likeness (QED) is 0.505. The van der Waals surface area contributed by atoms with Crippen LogP contribution in [0.2, 0.25) is 0 Å². The summed E-state index contributed by atoms with van der Waals surface area (Å²) < 4.78 is 0. The van der Waals surface area contributed by atoms with Crippen LogP contribution in [-0.2, 0) is 19.5 Å². The van der Waals surface area contributed by atoms with Crippen molar-refractivity contribution in [3.05, 3.63) is 58.7 Å². The molecule has 0 amide bonds. The summed E-state index contributed by atoms with van der Waals surface area (Å²) in [7, 11) is 0. The van der Waals surface area contributed by atoms with E-state index >= 15 is 0 Å². The predicted molar refractivity (Wildman–Crippen MR) is 112 cm³/mol. The number of aromatic hydroxyl groups is 2. The van der Waals surface area contributed by atoms with Gasteiger partial charge in [0.1, 0.15) is 0 Å². The van der Waals surface area contributed by atoms with Crippen LogP contribution in [-0.4, -0.2) is 44.6 Å². The number of rotatable bonds is 7. The van der Waals surface area contributed by atoms with E-state index < -0.39 is 0 Å². The third-order valence-corrected chi connectivity index (χ3v) is 5.74. The van der Waals surface area contributed by atoms with Crippen LogP contribution in [0.3, 0.4) is 0 Å². The molecule has 5 nitrogen and oxygen atoms in total. The maximum absolute atomic E-state index is 9.72. The molecule has 0 atom stereocenters. The Morgan fingerprint density at radius 1 is 1.11 bits per heavy atom. The Morgan fingerprint density at radius 2 is 1.89 bits per heavy atom. The van der Waals surface area contributed by atoms with Gasteiger partial charge in [0.2, 0.25) is 0 Å². The highest BCUT2D eigenvalue weighted by Gasteiger charge is 2.32. The van der Waals surface area contributed by atoms with Crippen LogP contribution in [0.4, 0.5) is 0 Å². The lowest BCUT2D eigenvalue weighted by Gasteiger charge is -2.35. The first-order chi connectivity index (χ1) is 13.3. The van der Waals surface area contributed by atoms with E-state index in [1.807, 2.05) is 13.0 Å². The molecule has 0 bridgehead atoms. The van der Waals surface area contributed by atoms with E-state index in [1.165, 1.54) is 16.7 Å². The molecule has 3 N–H and O–H groups in total. The Bertz CT molecular complexity index is 874. The number of aliphatic hydroxyl groups excluding tert-OH is 1. The molecule has 0 radical (unpaired) electrons. The highest BCUT2D eigenvalue weighted by atomic mass is 16.3. The fourth-order valence-corrected chi connectivity index (χ4v) is 3.82. The summed E-state index contributed by atoms with van der Waals surface area (Å²) in [4.78, 5) is 6.96. The van der Waals surface area contributed by atoms with E-state index in [2.05, 4.69) is 41.9 Å². The molecule has 3 rings (SSSR count). The predicted octanol–water partition coefficient (Wildman–Crippen LogP) is 3.63. The normalized spacial score (nSPS) is 15.1. The van der Waals surface area contributed by atoms with Crippen molar-refractivity contribution < 1.29 is 15.3 Å². The highest BCUT2D eigenvalue weighted by Crippen LogP contribution is 2.34. The topological polar surface area (TPSA) is 76.3 Å². The van der Waals surface area contributed by atoms with Gasteiger partial charge in [-0.15, -0.1) is 0 Å². The largest absolute Gasteiger partial charge is 0.504 e. The van der Waals surface area contributed by atoms with Crippen molar-refractivity contribution >= 4 is 5.71 Å². The minimum absolute atomic E-state index is 0.0139. The molecule has 150 valence electrons. The molecule has 0 aliphatic carbocycles. The number of nitrogens with zero attached hydrogens (tertiary/aromatic N) is 2. The number of aliphatic imine (C=N–C) groups is 1. The molecular formula is C23H30N2O3. The monoisotopic (exact) mass is 382 g/mol. The summed E-state index contributed by atoms with van der Waals surface area (Å²) in [6.45, 7) is 8.81. The van der Waals surface area contributed by atoms with E-state index in [9.17, 15) is 10.2 Å². The molecule has 5 heteroatoms. The van der Waals surface area contributed by atoms with Crippen LogP contribution in [0.1, 0.15) is 49.4 Å². The molecule has 28 heavy (non-hydrogen) atoms. The van der Waals surface area contributed by atoms with Gasteiger partial charge < -0.3 is 15.3 Å². The molecule has 0 saturated heterocycles. The third-order valence-electron chi connectivity index (χ3n) is 5.74. The number of aliphatic hydroxyl groups is 1. The maximum atomic E-state index is 9.72. The highest BCUT2D eigenvalue weighted by molar-refractivity contribution is 6.00. The Kier molecular flexibility index (Phi) is 6.06. The Morgan fingerprint density at radius 3 is 2.61 bits per heavy atom. The summed E-state index contributed by atoms with van der Waals surface area (Å²) in [5.74, 6) is -0.144. The van der Waals surface area contributed by atoms with Gasteiger partial charge in [0.05, 0.1) is 13.2 Å². The zero-order valence-electron chi connectivity index (χ0n) is 16.9. The van der Waals surface area contributed by atoms with Crippen LogP contribution < -0.4 is 0 Å². The van der Waals surface area contributed by atoms with Crippen molar-refractivity contribution in [3.63, 3.8) is 0 Å². The van der Waals surface area contributed by atoms with Gasteiger partial charge in [0, 0.05) is 29.9 Å². The summed E-state index contributed by atoms with van der Waals surface area (Å²) in [5, 5.41) is 28.2. The van der Waals surface area contributed by atoms with Crippen molar-refractivity contribution in [3.8, 4) is 11.5 Å². The zero-order valence-corrected chi connectivity index (χ0v) is 16.9. The lowest BCUT2D eigenvalue weighted by atomic mass is 9.93. The second-order valence-electron chi connectivity index (χ2n) is 8.13. The second kappa shape index (κ2) is 8.33. The summed E-state index contributed by atoms with van der Waals surface area (Å²) >= 11 is 0. The van der Waals surface area contributed by atoms with Crippen LogP contribution in [0, 0.1) is 0 Å². The number of phenolic OH excluding ortho intramolecular Hbond substituents is 2. The number of hydrogen-bond acceptors (Lipinski definition) is 5. The first kappa shape index (κ1) is 20.4. The number of fused-ring (bicyclic) bond motifs is 1. The fraction of sp³-hybridized carbons (Fsp3) is 0.435. The smallest absolute Gasteiger partial charge is 0.157 e. The van der Waals surface area contributed by atoms with Crippen molar-refractivity contribution in [2.75, 3.05) is 13.2 Å². The summed E-state index contributed by atoms with van der Waals surface area (Å²) in [6.07, 6.45) is 1.77. The third kappa shape index (κ3) is 4.37. The van der Waals surface area contributed by atoms with E-state index in [1.54, 1.807) is 12.1 Å². The van der Waals surface area contributed by atoms with E-state index in [0.717, 1.165) is 37.2 Å². The first-order valence-electron chi connectivity index (χ1n) is 9.81. The molecular weight excluding hydrogens is 352 g/mol. The Balaban J connectivity index is 1.72. The average molecular weight is 383 g/mol. The Hall–Kier alpha value is -2.37. The number of phenols is 2. The van der Waals surface area contributed by atoms with Gasteiger partial charge in [-0.25, -0.2) is 0 Å². The molecule has 1 aliphatic rings. The molecule has 0 fully saturated rings. The summed E-state index contributed by atoms with van der Waals surface area (Å²) in [5.41, 5.74) is 5.83. The van der Waals surface area contributed by atoms with Gasteiger partial charge in [-0.1, -0.05) is 24.3 Å². The fourth-order valence-electron chi connectivity index (χ4n) is 3.82. The van der Waals surface area contributed by atoms with Crippen molar-refractivity contribution in [2.24, 2.45) is 4.99 Å². The number of benzene rings is 2. The van der Waals surface area contributed by atoms with Crippen LogP contribution in [0.15, 0.2) is 41.4 Å². The Labute approximate surface area is 167 Å².